The lowest BCUT2D eigenvalue weighted by Crippen LogP contribution is -2.26. The number of thioether (sulfide) groups is 1. The molecule has 0 spiro atoms. The van der Waals surface area contributed by atoms with Gasteiger partial charge in [0.2, 0.25) is 0 Å². The molecule has 0 fully saturated rings. The summed E-state index contributed by atoms with van der Waals surface area (Å²) >= 11 is 1.68. The van der Waals surface area contributed by atoms with Crippen LogP contribution < -0.4 is 5.73 Å². The third-order valence-corrected chi connectivity index (χ3v) is 3.14. The van der Waals surface area contributed by atoms with E-state index in [-0.39, 0.29) is 18.0 Å². The van der Waals surface area contributed by atoms with Gasteiger partial charge in [0, 0.05) is 17.4 Å². The van der Waals surface area contributed by atoms with Gasteiger partial charge in [-0.1, -0.05) is 13.0 Å². The van der Waals surface area contributed by atoms with Crippen LogP contribution in [0.5, 0.6) is 0 Å². The minimum absolute atomic E-state index is 0.0988. The predicted octanol–water partition coefficient (Wildman–Crippen LogP) is 2.59. The van der Waals surface area contributed by atoms with Gasteiger partial charge in [-0.05, 0) is 24.3 Å². The molecular weight excluding hydrogens is 216 g/mol. The van der Waals surface area contributed by atoms with Gasteiger partial charge in [0.25, 0.3) is 0 Å². The van der Waals surface area contributed by atoms with Crippen LogP contribution in [0.2, 0.25) is 0 Å². The second-order valence-electron chi connectivity index (χ2n) is 3.32. The van der Waals surface area contributed by atoms with Gasteiger partial charge >= 0.3 is 0 Å². The second-order valence-corrected chi connectivity index (χ2v) is 4.64. The molecule has 0 bridgehead atoms. The van der Waals surface area contributed by atoms with E-state index >= 15 is 0 Å². The first-order valence-corrected chi connectivity index (χ1v) is 6.06. The average Bonchev–Trinajstić information content (AvgIpc) is 2.21. The number of rotatable bonds is 5. The minimum atomic E-state index is -0.507. The van der Waals surface area contributed by atoms with Crippen molar-refractivity contribution in [2.75, 3.05) is 11.5 Å². The Labute approximate surface area is 93.1 Å². The quantitative estimate of drug-likeness (QED) is 0.843. The van der Waals surface area contributed by atoms with Crippen molar-refractivity contribution in [2.45, 2.75) is 19.4 Å². The Morgan fingerprint density at radius 1 is 1.33 bits per heavy atom. The van der Waals surface area contributed by atoms with Gasteiger partial charge in [0.15, 0.2) is 0 Å². The highest BCUT2D eigenvalue weighted by Gasteiger charge is 2.12. The Hall–Kier alpha value is -0.610. The van der Waals surface area contributed by atoms with E-state index in [1.54, 1.807) is 11.8 Å². The van der Waals surface area contributed by atoms with Crippen LogP contribution in [0.1, 0.15) is 12.5 Å². The maximum absolute atomic E-state index is 13.2. The predicted molar refractivity (Wildman–Crippen MR) is 61.0 cm³/mol. The maximum atomic E-state index is 13.2. The highest BCUT2D eigenvalue weighted by atomic mass is 32.2. The zero-order valence-electron chi connectivity index (χ0n) is 8.67. The zero-order chi connectivity index (χ0) is 11.3. The van der Waals surface area contributed by atoms with Gasteiger partial charge in [-0.15, -0.1) is 0 Å². The van der Waals surface area contributed by atoms with E-state index in [9.17, 15) is 8.78 Å². The Bertz CT molecular complexity index is 297. The van der Waals surface area contributed by atoms with E-state index in [0.717, 1.165) is 11.5 Å². The van der Waals surface area contributed by atoms with E-state index in [4.69, 9.17) is 5.73 Å². The van der Waals surface area contributed by atoms with E-state index in [1.807, 2.05) is 6.92 Å². The van der Waals surface area contributed by atoms with Crippen LogP contribution in [0.4, 0.5) is 8.78 Å². The molecule has 0 amide bonds. The average molecular weight is 231 g/mol. The van der Waals surface area contributed by atoms with Gasteiger partial charge in [-0.25, -0.2) is 8.78 Å². The zero-order valence-corrected chi connectivity index (χ0v) is 9.49. The minimum Gasteiger partial charge on any atom is -0.327 e. The molecule has 15 heavy (non-hydrogen) atoms. The number of benzene rings is 1. The summed E-state index contributed by atoms with van der Waals surface area (Å²) in [7, 11) is 0. The van der Waals surface area contributed by atoms with E-state index in [1.165, 1.54) is 18.2 Å². The van der Waals surface area contributed by atoms with E-state index in [0.29, 0.717) is 0 Å². The van der Waals surface area contributed by atoms with Crippen molar-refractivity contribution in [2.24, 2.45) is 5.73 Å². The monoisotopic (exact) mass is 231 g/mol. The number of hydrogen-bond donors (Lipinski definition) is 1. The molecule has 1 atom stereocenters. The Kier molecular flexibility index (Phi) is 5.05. The van der Waals surface area contributed by atoms with Crippen LogP contribution in [-0.2, 0) is 6.42 Å². The fourth-order valence-electron chi connectivity index (χ4n) is 1.32. The summed E-state index contributed by atoms with van der Waals surface area (Å²) in [5.41, 5.74) is 5.87. The largest absolute Gasteiger partial charge is 0.327 e. The molecule has 1 aromatic rings. The molecule has 1 rings (SSSR count). The third kappa shape index (κ3) is 3.80. The summed E-state index contributed by atoms with van der Waals surface area (Å²) < 4.78 is 26.5. The van der Waals surface area contributed by atoms with Crippen molar-refractivity contribution >= 4 is 11.8 Å². The van der Waals surface area contributed by atoms with Crippen molar-refractivity contribution in [3.05, 3.63) is 35.4 Å². The number of halogens is 2. The number of nitrogens with two attached hydrogens (primary N) is 1. The lowest BCUT2D eigenvalue weighted by atomic mass is 10.1. The molecule has 0 saturated heterocycles. The third-order valence-electron chi connectivity index (χ3n) is 2.06. The summed E-state index contributed by atoms with van der Waals surface area (Å²) in [4.78, 5) is 0. The first-order valence-electron chi connectivity index (χ1n) is 4.91. The lowest BCUT2D eigenvalue weighted by Gasteiger charge is -2.11. The van der Waals surface area contributed by atoms with E-state index in [2.05, 4.69) is 0 Å². The van der Waals surface area contributed by atoms with Gasteiger partial charge < -0.3 is 5.73 Å². The first-order chi connectivity index (χ1) is 7.15. The molecule has 2 N–H and O–H groups in total. The maximum Gasteiger partial charge on any atom is 0.129 e. The Morgan fingerprint density at radius 2 is 1.93 bits per heavy atom. The summed E-state index contributed by atoms with van der Waals surface area (Å²) in [6.07, 6.45) is 0.255. The molecule has 0 saturated carbocycles. The molecule has 84 valence electrons. The highest BCUT2D eigenvalue weighted by Crippen LogP contribution is 2.15. The van der Waals surface area contributed by atoms with Gasteiger partial charge in [-0.2, -0.15) is 11.8 Å². The smallest absolute Gasteiger partial charge is 0.129 e. The van der Waals surface area contributed by atoms with Crippen molar-refractivity contribution in [1.29, 1.82) is 0 Å². The van der Waals surface area contributed by atoms with Crippen molar-refractivity contribution in [3.8, 4) is 0 Å². The molecular formula is C11H15F2NS. The molecule has 1 aromatic carbocycles. The van der Waals surface area contributed by atoms with Crippen LogP contribution in [0.15, 0.2) is 18.2 Å². The highest BCUT2D eigenvalue weighted by molar-refractivity contribution is 7.99. The summed E-state index contributed by atoms with van der Waals surface area (Å²) in [5.74, 6) is 0.677. The molecule has 1 nitrogen and oxygen atoms in total. The standard InChI is InChI=1S/C11H15F2NS/c1-2-15-7-8(14)6-9-10(12)4-3-5-11(9)13/h3-5,8H,2,6-7,14H2,1H3. The van der Waals surface area contributed by atoms with Crippen LogP contribution >= 0.6 is 11.8 Å². The van der Waals surface area contributed by atoms with Crippen LogP contribution in [-0.4, -0.2) is 17.5 Å². The SMILES string of the molecule is CCSCC(N)Cc1c(F)cccc1F. The molecule has 0 aliphatic rings. The van der Waals surface area contributed by atoms with Gasteiger partial charge in [0.05, 0.1) is 0 Å². The molecule has 0 aliphatic carbocycles. The summed E-state index contributed by atoms with van der Waals surface area (Å²) in [6.45, 7) is 2.03. The molecule has 0 aromatic heterocycles. The fraction of sp³-hybridized carbons (Fsp3) is 0.455. The normalized spacial score (nSPS) is 12.8. The van der Waals surface area contributed by atoms with Crippen LogP contribution in [0.3, 0.4) is 0 Å². The van der Waals surface area contributed by atoms with Gasteiger partial charge in [0.1, 0.15) is 11.6 Å². The number of hydrogen-bond acceptors (Lipinski definition) is 2. The summed E-state index contributed by atoms with van der Waals surface area (Å²) in [5, 5.41) is 0. The molecule has 0 aliphatic heterocycles. The topological polar surface area (TPSA) is 26.0 Å². The molecule has 4 heteroatoms. The van der Waals surface area contributed by atoms with E-state index < -0.39 is 11.6 Å². The first kappa shape index (κ1) is 12.5. The van der Waals surface area contributed by atoms with Crippen molar-refractivity contribution < 1.29 is 8.78 Å². The van der Waals surface area contributed by atoms with Gasteiger partial charge in [-0.3, -0.25) is 0 Å². The van der Waals surface area contributed by atoms with Crippen molar-refractivity contribution in [3.63, 3.8) is 0 Å². The van der Waals surface area contributed by atoms with Crippen LogP contribution in [0.25, 0.3) is 0 Å². The Balaban J connectivity index is 2.63. The lowest BCUT2D eigenvalue weighted by molar-refractivity contribution is 0.543. The van der Waals surface area contributed by atoms with Crippen LogP contribution in [0, 0.1) is 11.6 Å². The molecule has 1 unspecified atom stereocenters. The Morgan fingerprint density at radius 3 is 2.47 bits per heavy atom. The molecule has 0 radical (unpaired) electrons. The summed E-state index contributed by atoms with van der Waals surface area (Å²) in [6, 6.07) is 3.69. The molecule has 0 heterocycles. The van der Waals surface area contributed by atoms with Crippen molar-refractivity contribution in [1.82, 2.24) is 0 Å². The fourth-order valence-corrected chi connectivity index (χ4v) is 1.97. The second kappa shape index (κ2) is 6.08.